The summed E-state index contributed by atoms with van der Waals surface area (Å²) in [6.45, 7) is 6.65. The Morgan fingerprint density at radius 1 is 0.292 bits per heavy atom. The Kier molecular flexibility index (Phi) is 52.7. The van der Waals surface area contributed by atoms with E-state index in [9.17, 15) is 14.4 Å². The molecule has 1 atom stereocenters. The maximum absolute atomic E-state index is 12.8. The number of allylic oxidation sites excluding steroid dienone is 4. The molecule has 0 saturated heterocycles. The number of hydrogen-bond donors (Lipinski definition) is 0. The summed E-state index contributed by atoms with van der Waals surface area (Å²) in [5.74, 6) is -0.866. The molecule has 0 rings (SSSR count). The van der Waals surface area contributed by atoms with Crippen molar-refractivity contribution in [3.63, 3.8) is 0 Å². The lowest BCUT2D eigenvalue weighted by Crippen LogP contribution is -2.30. The third-order valence-corrected chi connectivity index (χ3v) is 12.9. The molecule has 0 aromatic carbocycles. The lowest BCUT2D eigenvalue weighted by Gasteiger charge is -2.18. The van der Waals surface area contributed by atoms with Gasteiger partial charge in [-0.05, 0) is 70.6 Å². The van der Waals surface area contributed by atoms with Crippen LogP contribution in [0, 0.1) is 0 Å². The number of unbranched alkanes of at least 4 members (excludes halogenated alkanes) is 38. The van der Waals surface area contributed by atoms with Crippen LogP contribution in [0.15, 0.2) is 24.3 Å². The van der Waals surface area contributed by atoms with Crippen molar-refractivity contribution >= 4 is 17.9 Å². The normalized spacial score (nSPS) is 12.1. The average molecular weight is 916 g/mol. The molecule has 0 unspecified atom stereocenters. The predicted octanol–water partition coefficient (Wildman–Crippen LogP) is 19.1. The SMILES string of the molecule is CCCCC/C=C\CCCCCCCC(=O)OC[C@H](COC(=O)CCCCCCCCCCCCCCCCCCCC)OC(=O)CCCCCCCCC/C=C\CCCCCCCC. The molecule has 0 spiro atoms. The van der Waals surface area contributed by atoms with E-state index >= 15 is 0 Å². The van der Waals surface area contributed by atoms with Crippen molar-refractivity contribution in [2.24, 2.45) is 0 Å². The molecule has 0 aromatic rings. The van der Waals surface area contributed by atoms with Crippen molar-refractivity contribution in [2.75, 3.05) is 13.2 Å². The molecule has 0 fully saturated rings. The number of ether oxygens (including phenoxy) is 3. The summed E-state index contributed by atoms with van der Waals surface area (Å²) >= 11 is 0. The van der Waals surface area contributed by atoms with E-state index in [1.54, 1.807) is 0 Å². The second-order valence-electron chi connectivity index (χ2n) is 19.6. The lowest BCUT2D eigenvalue weighted by molar-refractivity contribution is -0.167. The molecule has 0 N–H and O–H groups in total. The van der Waals surface area contributed by atoms with Gasteiger partial charge >= 0.3 is 17.9 Å². The van der Waals surface area contributed by atoms with Crippen LogP contribution >= 0.6 is 0 Å². The van der Waals surface area contributed by atoms with E-state index in [2.05, 4.69) is 45.1 Å². The molecule has 6 nitrogen and oxygen atoms in total. The minimum absolute atomic E-state index is 0.0712. The van der Waals surface area contributed by atoms with Gasteiger partial charge in [-0.3, -0.25) is 14.4 Å². The van der Waals surface area contributed by atoms with Gasteiger partial charge in [-0.2, -0.15) is 0 Å². The summed E-state index contributed by atoms with van der Waals surface area (Å²) in [5.41, 5.74) is 0. The van der Waals surface area contributed by atoms with Crippen LogP contribution in [0.2, 0.25) is 0 Å². The standard InChI is InChI=1S/C59H110O6/c1-4-7-10-13-16-19-22-25-27-29-31-32-34-37-40-43-46-49-52-58(61)64-55-56(54-63-57(60)51-48-45-42-39-36-24-21-18-15-12-9-6-3)65-59(62)53-50-47-44-41-38-35-33-30-28-26-23-20-17-14-11-8-5-2/h18,21,26,28,56H,4-17,19-20,22-25,27,29-55H2,1-3H3/b21-18-,28-26-/t56-/m1/s1. The van der Waals surface area contributed by atoms with Crippen molar-refractivity contribution < 1.29 is 28.6 Å². The van der Waals surface area contributed by atoms with Crippen LogP contribution in [0.4, 0.5) is 0 Å². The minimum Gasteiger partial charge on any atom is -0.462 e. The highest BCUT2D eigenvalue weighted by molar-refractivity contribution is 5.71. The Hall–Kier alpha value is -2.11. The molecule has 6 heteroatoms. The highest BCUT2D eigenvalue weighted by atomic mass is 16.6. The Morgan fingerprint density at radius 2 is 0.508 bits per heavy atom. The predicted molar refractivity (Wildman–Crippen MR) is 279 cm³/mol. The monoisotopic (exact) mass is 915 g/mol. The zero-order valence-electron chi connectivity index (χ0n) is 43.8. The molecule has 0 amide bonds. The van der Waals surface area contributed by atoms with Gasteiger partial charge in [0, 0.05) is 19.3 Å². The van der Waals surface area contributed by atoms with Crippen molar-refractivity contribution in [3.8, 4) is 0 Å². The smallest absolute Gasteiger partial charge is 0.306 e. The van der Waals surface area contributed by atoms with Gasteiger partial charge in [0.25, 0.3) is 0 Å². The van der Waals surface area contributed by atoms with E-state index in [4.69, 9.17) is 14.2 Å². The van der Waals surface area contributed by atoms with Crippen LogP contribution in [0.3, 0.4) is 0 Å². The molecule has 0 aliphatic carbocycles. The Labute approximate surface area is 404 Å². The second kappa shape index (κ2) is 54.5. The van der Waals surface area contributed by atoms with Gasteiger partial charge in [0.05, 0.1) is 0 Å². The summed E-state index contributed by atoms with van der Waals surface area (Å²) in [6.07, 6.45) is 63.1. The molecular weight excluding hydrogens is 805 g/mol. The van der Waals surface area contributed by atoms with Crippen molar-refractivity contribution in [3.05, 3.63) is 24.3 Å². The maximum Gasteiger partial charge on any atom is 0.306 e. The van der Waals surface area contributed by atoms with Crippen molar-refractivity contribution in [1.82, 2.24) is 0 Å². The largest absolute Gasteiger partial charge is 0.462 e. The topological polar surface area (TPSA) is 78.9 Å². The molecule has 65 heavy (non-hydrogen) atoms. The first kappa shape index (κ1) is 62.9. The highest BCUT2D eigenvalue weighted by Gasteiger charge is 2.19. The van der Waals surface area contributed by atoms with Gasteiger partial charge in [-0.1, -0.05) is 251 Å². The fourth-order valence-corrected chi connectivity index (χ4v) is 8.55. The van der Waals surface area contributed by atoms with Crippen LogP contribution in [0.1, 0.15) is 316 Å². The molecule has 0 saturated carbocycles. The van der Waals surface area contributed by atoms with E-state index in [1.165, 1.54) is 212 Å². The number of carbonyl (C=O) groups excluding carboxylic acids is 3. The van der Waals surface area contributed by atoms with Gasteiger partial charge in [-0.15, -0.1) is 0 Å². The fourth-order valence-electron chi connectivity index (χ4n) is 8.55. The zero-order chi connectivity index (χ0) is 47.2. The molecule has 0 radical (unpaired) electrons. The number of hydrogen-bond acceptors (Lipinski definition) is 6. The van der Waals surface area contributed by atoms with E-state index in [1.807, 2.05) is 0 Å². The van der Waals surface area contributed by atoms with E-state index in [0.717, 1.165) is 64.2 Å². The third kappa shape index (κ3) is 52.7. The summed E-state index contributed by atoms with van der Waals surface area (Å²) in [5, 5.41) is 0. The lowest BCUT2D eigenvalue weighted by atomic mass is 10.0. The van der Waals surface area contributed by atoms with Gasteiger partial charge in [0.1, 0.15) is 13.2 Å². The van der Waals surface area contributed by atoms with Crippen molar-refractivity contribution in [1.29, 1.82) is 0 Å². The van der Waals surface area contributed by atoms with Crippen LogP contribution in [0.5, 0.6) is 0 Å². The first-order chi connectivity index (χ1) is 32.0. The average Bonchev–Trinajstić information content (AvgIpc) is 3.30. The van der Waals surface area contributed by atoms with Gasteiger partial charge in [0.15, 0.2) is 6.10 Å². The van der Waals surface area contributed by atoms with Crippen LogP contribution in [0.25, 0.3) is 0 Å². The van der Waals surface area contributed by atoms with E-state index in [0.29, 0.717) is 19.3 Å². The molecule has 0 heterocycles. The number of esters is 3. The van der Waals surface area contributed by atoms with Gasteiger partial charge in [0.2, 0.25) is 0 Å². The highest BCUT2D eigenvalue weighted by Crippen LogP contribution is 2.17. The molecule has 0 bridgehead atoms. The summed E-state index contributed by atoms with van der Waals surface area (Å²) < 4.78 is 16.9. The Bertz CT molecular complexity index is 1050. The minimum atomic E-state index is -0.773. The van der Waals surface area contributed by atoms with Gasteiger partial charge < -0.3 is 14.2 Å². The summed E-state index contributed by atoms with van der Waals surface area (Å²) in [4.78, 5) is 38.1. The first-order valence-corrected chi connectivity index (χ1v) is 28.8. The maximum atomic E-state index is 12.8. The molecule has 0 aliphatic rings. The molecule has 0 aliphatic heterocycles. The fraction of sp³-hybridized carbons (Fsp3) is 0.881. The summed E-state index contributed by atoms with van der Waals surface area (Å²) in [6, 6.07) is 0. The van der Waals surface area contributed by atoms with Crippen LogP contribution in [-0.4, -0.2) is 37.2 Å². The van der Waals surface area contributed by atoms with E-state index < -0.39 is 6.10 Å². The molecule has 0 aromatic heterocycles. The van der Waals surface area contributed by atoms with Crippen molar-refractivity contribution in [2.45, 2.75) is 322 Å². The van der Waals surface area contributed by atoms with Crippen LogP contribution in [-0.2, 0) is 28.6 Å². The number of carbonyl (C=O) groups is 3. The number of rotatable bonds is 53. The first-order valence-electron chi connectivity index (χ1n) is 28.8. The Morgan fingerprint density at radius 3 is 0.800 bits per heavy atom. The second-order valence-corrected chi connectivity index (χ2v) is 19.6. The Balaban J connectivity index is 4.31. The third-order valence-electron chi connectivity index (χ3n) is 12.9. The quantitative estimate of drug-likeness (QED) is 0.0262. The molecular formula is C59H110O6. The summed E-state index contributed by atoms with van der Waals surface area (Å²) in [7, 11) is 0. The van der Waals surface area contributed by atoms with Gasteiger partial charge in [-0.25, -0.2) is 0 Å². The zero-order valence-corrected chi connectivity index (χ0v) is 43.8. The molecule has 382 valence electrons. The van der Waals surface area contributed by atoms with Crippen LogP contribution < -0.4 is 0 Å². The van der Waals surface area contributed by atoms with E-state index in [-0.39, 0.29) is 31.1 Å².